The first kappa shape index (κ1) is 24.4. The van der Waals surface area contributed by atoms with E-state index < -0.39 is 17.7 Å². The van der Waals surface area contributed by atoms with E-state index in [0.717, 1.165) is 5.39 Å². The second kappa shape index (κ2) is 10.1. The van der Waals surface area contributed by atoms with E-state index in [0.29, 0.717) is 34.2 Å². The monoisotopic (exact) mass is 466 g/mol. The molecule has 0 saturated carbocycles. The van der Waals surface area contributed by atoms with Crippen molar-refractivity contribution in [1.29, 1.82) is 0 Å². The maximum Gasteiger partial charge on any atom is 0.412 e. The zero-order valence-electron chi connectivity index (χ0n) is 19.5. The van der Waals surface area contributed by atoms with E-state index in [9.17, 15) is 14.7 Å². The van der Waals surface area contributed by atoms with Gasteiger partial charge in [0.05, 0.1) is 19.7 Å². The van der Waals surface area contributed by atoms with Gasteiger partial charge in [0.15, 0.2) is 11.5 Å². The predicted molar refractivity (Wildman–Crippen MR) is 126 cm³/mol. The second-order valence-corrected chi connectivity index (χ2v) is 8.19. The molecule has 2 N–H and O–H groups in total. The fraction of sp³-hybridized carbons (Fsp3) is 0.240. The Morgan fingerprint density at radius 2 is 1.68 bits per heavy atom. The van der Waals surface area contributed by atoms with Crippen LogP contribution in [0.4, 0.5) is 4.79 Å². The smallest absolute Gasteiger partial charge is 0.412 e. The summed E-state index contributed by atoms with van der Waals surface area (Å²) in [5, 5.41) is 12.5. The van der Waals surface area contributed by atoms with Crippen LogP contribution in [0.15, 0.2) is 54.2 Å². The Bertz CT molecular complexity index is 1220. The number of carbonyl (C=O) groups excluding carboxylic acids is 1. The number of methoxy groups -OCH3 is 2. The standard InChI is InChI=1S/C25H26N2O7/c1-25(2,3)34-24(30)27-18(23(28)29)14-15-9-11-17-16(13-15)10-12-21(26-17)33-22-19(31-4)7-6-8-20(22)32-5/h6-14H,1-5H3,(H,27,30)(H,28,29). The van der Waals surface area contributed by atoms with Gasteiger partial charge < -0.3 is 24.1 Å². The Balaban J connectivity index is 1.87. The molecule has 0 atom stereocenters. The maximum absolute atomic E-state index is 12.0. The first-order valence-corrected chi connectivity index (χ1v) is 10.3. The average molecular weight is 466 g/mol. The molecule has 1 heterocycles. The molecule has 0 saturated heterocycles. The Hall–Kier alpha value is -4.27. The minimum Gasteiger partial charge on any atom is -0.493 e. The van der Waals surface area contributed by atoms with E-state index in [4.69, 9.17) is 18.9 Å². The summed E-state index contributed by atoms with van der Waals surface area (Å²) < 4.78 is 21.7. The molecular weight excluding hydrogens is 440 g/mol. The lowest BCUT2D eigenvalue weighted by Gasteiger charge is -2.19. The van der Waals surface area contributed by atoms with Crippen LogP contribution in [-0.4, -0.2) is 42.0 Å². The number of carboxylic acid groups (broad SMARTS) is 1. The molecule has 1 aromatic heterocycles. The summed E-state index contributed by atoms with van der Waals surface area (Å²) in [4.78, 5) is 28.1. The first-order valence-electron chi connectivity index (χ1n) is 10.3. The Morgan fingerprint density at radius 3 is 2.26 bits per heavy atom. The number of nitrogens with one attached hydrogen (secondary N) is 1. The number of aliphatic carboxylic acids is 1. The number of hydrogen-bond donors (Lipinski definition) is 2. The Labute approximate surface area is 196 Å². The highest BCUT2D eigenvalue weighted by atomic mass is 16.6. The van der Waals surface area contributed by atoms with Crippen LogP contribution in [0.5, 0.6) is 23.1 Å². The highest BCUT2D eigenvalue weighted by Crippen LogP contribution is 2.39. The van der Waals surface area contributed by atoms with Gasteiger partial charge >= 0.3 is 12.1 Å². The number of carboxylic acids is 1. The van der Waals surface area contributed by atoms with Crippen molar-refractivity contribution in [2.75, 3.05) is 14.2 Å². The molecule has 0 aliphatic carbocycles. The summed E-state index contributed by atoms with van der Waals surface area (Å²) in [6.45, 7) is 5.07. The number of hydrogen-bond acceptors (Lipinski definition) is 7. The molecule has 3 rings (SSSR count). The quantitative estimate of drug-likeness (QED) is 0.468. The molecule has 0 unspecified atom stereocenters. The number of alkyl carbamates (subject to hydrolysis) is 1. The van der Waals surface area contributed by atoms with Crippen LogP contribution < -0.4 is 19.5 Å². The molecule has 0 fully saturated rings. The summed E-state index contributed by atoms with van der Waals surface area (Å²) >= 11 is 0. The molecule has 1 amide bonds. The predicted octanol–water partition coefficient (Wildman–Crippen LogP) is 4.99. The van der Waals surface area contributed by atoms with Crippen LogP contribution in [0, 0.1) is 0 Å². The summed E-state index contributed by atoms with van der Waals surface area (Å²) in [6, 6.07) is 13.9. The fourth-order valence-electron chi connectivity index (χ4n) is 3.03. The number of nitrogens with zero attached hydrogens (tertiary/aromatic N) is 1. The van der Waals surface area contributed by atoms with Crippen molar-refractivity contribution in [3.05, 3.63) is 59.8 Å². The molecule has 0 bridgehead atoms. The van der Waals surface area contributed by atoms with E-state index in [1.807, 2.05) is 0 Å². The third kappa shape index (κ3) is 6.16. The first-order chi connectivity index (χ1) is 16.1. The van der Waals surface area contributed by atoms with E-state index in [2.05, 4.69) is 10.3 Å². The summed E-state index contributed by atoms with van der Waals surface area (Å²) in [6.07, 6.45) is 0.493. The third-order valence-electron chi connectivity index (χ3n) is 4.45. The summed E-state index contributed by atoms with van der Waals surface area (Å²) in [7, 11) is 3.07. The van der Waals surface area contributed by atoms with Gasteiger partial charge in [-0.25, -0.2) is 14.6 Å². The van der Waals surface area contributed by atoms with Crippen LogP contribution >= 0.6 is 0 Å². The lowest BCUT2D eigenvalue weighted by molar-refractivity contribution is -0.133. The summed E-state index contributed by atoms with van der Waals surface area (Å²) in [5.41, 5.74) is 0.115. The minimum absolute atomic E-state index is 0.315. The van der Waals surface area contributed by atoms with Gasteiger partial charge in [0, 0.05) is 11.5 Å². The maximum atomic E-state index is 12.0. The van der Waals surface area contributed by atoms with E-state index in [-0.39, 0.29) is 5.70 Å². The number of aromatic nitrogens is 1. The molecule has 34 heavy (non-hydrogen) atoms. The van der Waals surface area contributed by atoms with Crippen molar-refractivity contribution >= 4 is 29.0 Å². The number of fused-ring (bicyclic) bond motifs is 1. The van der Waals surface area contributed by atoms with Gasteiger partial charge in [-0.15, -0.1) is 0 Å². The molecule has 2 aromatic carbocycles. The van der Waals surface area contributed by atoms with Crippen LogP contribution in [0.3, 0.4) is 0 Å². The lowest BCUT2D eigenvalue weighted by Crippen LogP contribution is -2.34. The molecule has 0 aliphatic rings. The van der Waals surface area contributed by atoms with Crippen LogP contribution in [0.1, 0.15) is 26.3 Å². The zero-order valence-corrected chi connectivity index (χ0v) is 19.5. The molecule has 9 nitrogen and oxygen atoms in total. The van der Waals surface area contributed by atoms with E-state index in [1.54, 1.807) is 69.3 Å². The number of para-hydroxylation sites is 1. The van der Waals surface area contributed by atoms with Crippen molar-refractivity contribution in [2.45, 2.75) is 26.4 Å². The fourth-order valence-corrected chi connectivity index (χ4v) is 3.03. The van der Waals surface area contributed by atoms with Crippen LogP contribution in [0.25, 0.3) is 17.0 Å². The van der Waals surface area contributed by atoms with Crippen molar-refractivity contribution < 1.29 is 33.6 Å². The van der Waals surface area contributed by atoms with Crippen molar-refractivity contribution in [3.63, 3.8) is 0 Å². The van der Waals surface area contributed by atoms with Gasteiger partial charge in [-0.2, -0.15) is 0 Å². The third-order valence-corrected chi connectivity index (χ3v) is 4.45. The van der Waals surface area contributed by atoms with Gasteiger partial charge in [0.1, 0.15) is 11.3 Å². The number of benzene rings is 2. The zero-order chi connectivity index (χ0) is 24.9. The lowest BCUT2D eigenvalue weighted by atomic mass is 10.1. The number of rotatable bonds is 7. The van der Waals surface area contributed by atoms with E-state index in [1.165, 1.54) is 20.3 Å². The summed E-state index contributed by atoms with van der Waals surface area (Å²) in [5.74, 6) is 0.439. The van der Waals surface area contributed by atoms with Crippen molar-refractivity contribution in [1.82, 2.24) is 10.3 Å². The highest BCUT2D eigenvalue weighted by Gasteiger charge is 2.19. The molecule has 9 heteroatoms. The van der Waals surface area contributed by atoms with Gasteiger partial charge in [-0.05, 0) is 62.7 Å². The SMILES string of the molecule is COc1cccc(OC)c1Oc1ccc2cc(C=C(NC(=O)OC(C)(C)C)C(=O)O)ccc2n1. The number of amides is 1. The molecule has 0 radical (unpaired) electrons. The topological polar surface area (TPSA) is 116 Å². The van der Waals surface area contributed by atoms with Crippen molar-refractivity contribution in [3.8, 4) is 23.1 Å². The normalized spacial score (nSPS) is 11.6. The van der Waals surface area contributed by atoms with Gasteiger partial charge in [-0.3, -0.25) is 5.32 Å². The van der Waals surface area contributed by atoms with E-state index >= 15 is 0 Å². The van der Waals surface area contributed by atoms with Gasteiger partial charge in [0.25, 0.3) is 0 Å². The molecule has 0 spiro atoms. The van der Waals surface area contributed by atoms with Gasteiger partial charge in [-0.1, -0.05) is 12.1 Å². The molecule has 0 aliphatic heterocycles. The Kier molecular flexibility index (Phi) is 7.25. The van der Waals surface area contributed by atoms with Gasteiger partial charge in [0.2, 0.25) is 11.6 Å². The second-order valence-electron chi connectivity index (χ2n) is 8.19. The number of pyridine rings is 1. The average Bonchev–Trinajstić information content (AvgIpc) is 2.77. The molecular formula is C25H26N2O7. The highest BCUT2D eigenvalue weighted by molar-refractivity contribution is 5.96. The van der Waals surface area contributed by atoms with Crippen LogP contribution in [-0.2, 0) is 9.53 Å². The molecule has 178 valence electrons. The minimum atomic E-state index is -1.29. The van der Waals surface area contributed by atoms with Crippen LogP contribution in [0.2, 0.25) is 0 Å². The Morgan fingerprint density at radius 1 is 1.00 bits per heavy atom. The number of carbonyl (C=O) groups is 2. The van der Waals surface area contributed by atoms with Crippen molar-refractivity contribution in [2.24, 2.45) is 0 Å². The number of ether oxygens (including phenoxy) is 4. The largest absolute Gasteiger partial charge is 0.493 e. The molecule has 3 aromatic rings.